The van der Waals surface area contributed by atoms with Crippen molar-refractivity contribution in [3.63, 3.8) is 0 Å². The zero-order chi connectivity index (χ0) is 20.1. The van der Waals surface area contributed by atoms with Crippen molar-refractivity contribution in [1.29, 1.82) is 0 Å². The van der Waals surface area contributed by atoms with Crippen LogP contribution in [0.3, 0.4) is 0 Å². The van der Waals surface area contributed by atoms with Gasteiger partial charge in [0.05, 0.1) is 16.6 Å². The average molecular weight is 400 g/mol. The monoisotopic (exact) mass is 399 g/mol. The number of benzene rings is 3. The Hall–Kier alpha value is -3.05. The van der Waals surface area contributed by atoms with E-state index in [9.17, 15) is 14.3 Å². The van der Waals surface area contributed by atoms with Crippen molar-refractivity contribution in [1.82, 2.24) is 5.32 Å². The molecule has 0 fully saturated rings. The fourth-order valence-corrected chi connectivity index (χ4v) is 2.88. The summed E-state index contributed by atoms with van der Waals surface area (Å²) >= 11 is 6.12. The fraction of sp³-hybridized carbons (Fsp3) is 0.136. The van der Waals surface area contributed by atoms with Crippen LogP contribution in [0.15, 0.2) is 66.7 Å². The molecule has 0 aliphatic carbocycles. The Labute approximate surface area is 167 Å². The first-order chi connectivity index (χ1) is 13.4. The van der Waals surface area contributed by atoms with Gasteiger partial charge >= 0.3 is 0 Å². The van der Waals surface area contributed by atoms with E-state index in [0.29, 0.717) is 5.75 Å². The molecule has 0 saturated carbocycles. The number of carbonyl (C=O) groups excluding carboxylic acids is 1. The molecule has 0 bridgehead atoms. The lowest BCUT2D eigenvalue weighted by molar-refractivity contribution is 0.0924. The van der Waals surface area contributed by atoms with Crippen molar-refractivity contribution < 1.29 is 19.0 Å². The van der Waals surface area contributed by atoms with Crippen molar-refractivity contribution in [2.75, 3.05) is 6.61 Å². The van der Waals surface area contributed by atoms with Gasteiger partial charge in [-0.3, -0.25) is 4.79 Å². The number of hydrogen-bond donors (Lipinski definition) is 2. The molecule has 0 spiro atoms. The van der Waals surface area contributed by atoms with Crippen molar-refractivity contribution in [2.45, 2.75) is 13.0 Å². The van der Waals surface area contributed by atoms with Gasteiger partial charge in [-0.2, -0.15) is 0 Å². The van der Waals surface area contributed by atoms with Crippen LogP contribution in [0.4, 0.5) is 4.39 Å². The Morgan fingerprint density at radius 3 is 2.46 bits per heavy atom. The van der Waals surface area contributed by atoms with E-state index < -0.39 is 5.91 Å². The van der Waals surface area contributed by atoms with Gasteiger partial charge in [0, 0.05) is 0 Å². The number of halogens is 2. The van der Waals surface area contributed by atoms with E-state index in [1.54, 1.807) is 19.1 Å². The van der Waals surface area contributed by atoms with E-state index in [1.807, 2.05) is 30.3 Å². The third-order valence-electron chi connectivity index (χ3n) is 4.11. The lowest BCUT2D eigenvalue weighted by Gasteiger charge is -2.16. The van der Waals surface area contributed by atoms with Gasteiger partial charge < -0.3 is 15.2 Å². The van der Waals surface area contributed by atoms with Gasteiger partial charge in [-0.05, 0) is 54.4 Å². The van der Waals surface area contributed by atoms with Crippen LogP contribution in [0.25, 0.3) is 11.1 Å². The molecule has 1 atom stereocenters. The lowest BCUT2D eigenvalue weighted by atomic mass is 10.0. The summed E-state index contributed by atoms with van der Waals surface area (Å²) in [5, 5.41) is 13.1. The van der Waals surface area contributed by atoms with E-state index in [4.69, 9.17) is 16.3 Å². The Morgan fingerprint density at radius 2 is 1.79 bits per heavy atom. The summed E-state index contributed by atoms with van der Waals surface area (Å²) in [5.41, 5.74) is 1.69. The smallest absolute Gasteiger partial charge is 0.255 e. The van der Waals surface area contributed by atoms with E-state index in [2.05, 4.69) is 5.32 Å². The first-order valence-electron chi connectivity index (χ1n) is 8.71. The van der Waals surface area contributed by atoms with E-state index in [0.717, 1.165) is 11.1 Å². The van der Waals surface area contributed by atoms with Crippen LogP contribution in [0.2, 0.25) is 5.02 Å². The van der Waals surface area contributed by atoms with Crippen LogP contribution in [-0.2, 0) is 0 Å². The number of hydrogen-bond acceptors (Lipinski definition) is 3. The zero-order valence-electron chi connectivity index (χ0n) is 15.2. The second-order valence-corrected chi connectivity index (χ2v) is 6.77. The molecule has 0 aliphatic rings. The molecule has 1 amide bonds. The summed E-state index contributed by atoms with van der Waals surface area (Å²) < 4.78 is 18.5. The molecule has 6 heteroatoms. The first-order valence-corrected chi connectivity index (χ1v) is 9.09. The molecule has 3 aromatic rings. The van der Waals surface area contributed by atoms with Gasteiger partial charge in [0.1, 0.15) is 23.9 Å². The highest BCUT2D eigenvalue weighted by molar-refractivity contribution is 6.33. The second-order valence-electron chi connectivity index (χ2n) is 6.36. The van der Waals surface area contributed by atoms with E-state index in [-0.39, 0.29) is 34.8 Å². The van der Waals surface area contributed by atoms with Gasteiger partial charge in [-0.1, -0.05) is 41.9 Å². The fourth-order valence-electron chi connectivity index (χ4n) is 2.66. The second kappa shape index (κ2) is 8.76. The van der Waals surface area contributed by atoms with Gasteiger partial charge in [0.2, 0.25) is 0 Å². The van der Waals surface area contributed by atoms with E-state index >= 15 is 0 Å². The maximum Gasteiger partial charge on any atom is 0.255 e. The van der Waals surface area contributed by atoms with Crippen molar-refractivity contribution in [2.24, 2.45) is 0 Å². The third-order valence-corrected chi connectivity index (χ3v) is 4.39. The van der Waals surface area contributed by atoms with Crippen LogP contribution in [-0.4, -0.2) is 23.7 Å². The van der Waals surface area contributed by atoms with E-state index in [1.165, 1.54) is 24.3 Å². The van der Waals surface area contributed by atoms with Crippen LogP contribution in [0.1, 0.15) is 17.3 Å². The van der Waals surface area contributed by atoms with Crippen molar-refractivity contribution in [3.05, 3.63) is 83.1 Å². The van der Waals surface area contributed by atoms with Crippen LogP contribution >= 0.6 is 11.6 Å². The number of rotatable bonds is 6. The maximum atomic E-state index is 12.9. The number of ether oxygens (including phenoxy) is 1. The van der Waals surface area contributed by atoms with Crippen LogP contribution < -0.4 is 10.1 Å². The Morgan fingerprint density at radius 1 is 1.11 bits per heavy atom. The summed E-state index contributed by atoms with van der Waals surface area (Å²) in [7, 11) is 0. The summed E-state index contributed by atoms with van der Waals surface area (Å²) in [4.78, 5) is 12.6. The molecular formula is C22H19ClFNO3. The number of amides is 1. The lowest BCUT2D eigenvalue weighted by Crippen LogP contribution is -2.36. The highest BCUT2D eigenvalue weighted by Gasteiger charge is 2.18. The Kier molecular flexibility index (Phi) is 6.16. The molecule has 0 aliphatic heterocycles. The Balaban J connectivity index is 1.71. The maximum absolute atomic E-state index is 12.9. The molecule has 0 aromatic heterocycles. The first kappa shape index (κ1) is 19.7. The standard InChI is InChI=1S/C22H19ClFNO3/c1-14(13-28-18-9-7-17(24)8-10-18)25-22(27)19-11-16(12-20(23)21(19)26)15-5-3-2-4-6-15/h2-12,14,26H,13H2,1H3,(H,25,27). The minimum absolute atomic E-state index is 0.0833. The van der Waals surface area contributed by atoms with Gasteiger partial charge in [0.15, 0.2) is 0 Å². The topological polar surface area (TPSA) is 58.6 Å². The minimum atomic E-state index is -0.465. The Bertz CT molecular complexity index is 962. The van der Waals surface area contributed by atoms with Gasteiger partial charge in [-0.25, -0.2) is 4.39 Å². The molecule has 0 radical (unpaired) electrons. The predicted octanol–water partition coefficient (Wildman–Crippen LogP) is 5.05. The summed E-state index contributed by atoms with van der Waals surface area (Å²) in [6, 6.07) is 17.9. The molecular weight excluding hydrogens is 381 g/mol. The molecule has 144 valence electrons. The molecule has 3 rings (SSSR count). The average Bonchev–Trinajstić information content (AvgIpc) is 2.70. The molecule has 1 unspecified atom stereocenters. The van der Waals surface area contributed by atoms with Crippen molar-refractivity contribution >= 4 is 17.5 Å². The molecule has 0 saturated heterocycles. The molecule has 0 heterocycles. The SMILES string of the molecule is CC(COc1ccc(F)cc1)NC(=O)c1cc(-c2ccccc2)cc(Cl)c1O. The number of carbonyl (C=O) groups is 1. The number of aromatic hydroxyl groups is 1. The molecule has 2 N–H and O–H groups in total. The minimum Gasteiger partial charge on any atom is -0.506 e. The summed E-state index contributed by atoms with van der Waals surface area (Å²) in [5.74, 6) is -0.586. The quantitative estimate of drug-likeness (QED) is 0.609. The molecule has 4 nitrogen and oxygen atoms in total. The summed E-state index contributed by atoms with van der Waals surface area (Å²) in [6.07, 6.45) is 0. The molecule has 28 heavy (non-hydrogen) atoms. The normalized spacial score (nSPS) is 11.7. The highest BCUT2D eigenvalue weighted by atomic mass is 35.5. The van der Waals surface area contributed by atoms with Crippen LogP contribution in [0, 0.1) is 5.82 Å². The van der Waals surface area contributed by atoms with Gasteiger partial charge in [0.25, 0.3) is 5.91 Å². The van der Waals surface area contributed by atoms with Gasteiger partial charge in [-0.15, -0.1) is 0 Å². The predicted molar refractivity (Wildman–Crippen MR) is 107 cm³/mol. The molecule has 3 aromatic carbocycles. The third kappa shape index (κ3) is 4.81. The largest absolute Gasteiger partial charge is 0.506 e. The highest BCUT2D eigenvalue weighted by Crippen LogP contribution is 2.33. The number of phenolic OH excluding ortho intramolecular Hbond substituents is 1. The zero-order valence-corrected chi connectivity index (χ0v) is 15.9. The number of nitrogens with one attached hydrogen (secondary N) is 1. The number of phenols is 1. The van der Waals surface area contributed by atoms with Crippen molar-refractivity contribution in [3.8, 4) is 22.6 Å². The summed E-state index contributed by atoms with van der Waals surface area (Å²) in [6.45, 7) is 1.95. The van der Waals surface area contributed by atoms with Crippen LogP contribution in [0.5, 0.6) is 11.5 Å².